The van der Waals surface area contributed by atoms with E-state index in [2.05, 4.69) is 0 Å². The molecule has 2 aromatic rings. The van der Waals surface area contributed by atoms with Gasteiger partial charge in [-0.05, 0) is 49.2 Å². The van der Waals surface area contributed by atoms with Crippen LogP contribution in [0.15, 0.2) is 41.3 Å². The molecule has 0 atom stereocenters. The highest BCUT2D eigenvalue weighted by atomic mass is 32.2. The number of ketones is 1. The molecule has 1 fully saturated rings. The first-order chi connectivity index (χ1) is 15.1. The molecule has 0 aliphatic carbocycles. The molecule has 172 valence electrons. The predicted molar refractivity (Wildman–Crippen MR) is 106 cm³/mol. The number of sulfonamides is 1. The number of halogens is 3. The normalized spacial score (nSPS) is 15.4. The van der Waals surface area contributed by atoms with Crippen LogP contribution in [0.4, 0.5) is 13.2 Å². The Morgan fingerprint density at radius 3 is 2.34 bits per heavy atom. The molecule has 0 aromatic heterocycles. The fraction of sp³-hybridized carbons (Fsp3) is 0.333. The summed E-state index contributed by atoms with van der Waals surface area (Å²) in [6.07, 6.45) is 0.248. The zero-order chi connectivity index (χ0) is 23.5. The van der Waals surface area contributed by atoms with Crippen molar-refractivity contribution in [1.29, 1.82) is 0 Å². The number of carbonyl (C=O) groups is 2. The van der Waals surface area contributed by atoms with Crippen LogP contribution in [0.3, 0.4) is 0 Å². The number of methoxy groups -OCH3 is 1. The molecule has 0 bridgehead atoms. The van der Waals surface area contributed by atoms with E-state index in [1.165, 1.54) is 13.2 Å². The maximum absolute atomic E-state index is 13.4. The SMILES string of the molecule is COc1ccc(F)cc1C(=O)COC(=O)C1CCN(S(=O)(=O)c2ccc(F)c(F)c2)CC1. The lowest BCUT2D eigenvalue weighted by atomic mass is 9.98. The van der Waals surface area contributed by atoms with Crippen molar-refractivity contribution in [3.8, 4) is 5.75 Å². The highest BCUT2D eigenvalue weighted by molar-refractivity contribution is 7.89. The first-order valence-corrected chi connectivity index (χ1v) is 11.1. The zero-order valence-corrected chi connectivity index (χ0v) is 17.8. The second-order valence-electron chi connectivity index (χ2n) is 7.13. The second-order valence-corrected chi connectivity index (χ2v) is 9.07. The van der Waals surface area contributed by atoms with Gasteiger partial charge in [0.05, 0.1) is 23.5 Å². The van der Waals surface area contributed by atoms with Crippen LogP contribution in [0.25, 0.3) is 0 Å². The Morgan fingerprint density at radius 1 is 1.03 bits per heavy atom. The number of hydrogen-bond donors (Lipinski definition) is 0. The number of piperidine rings is 1. The van der Waals surface area contributed by atoms with E-state index in [0.29, 0.717) is 6.07 Å². The fourth-order valence-electron chi connectivity index (χ4n) is 3.35. The Bertz CT molecular complexity index is 1130. The summed E-state index contributed by atoms with van der Waals surface area (Å²) in [4.78, 5) is 24.2. The van der Waals surface area contributed by atoms with Crippen molar-refractivity contribution in [3.63, 3.8) is 0 Å². The van der Waals surface area contributed by atoms with Gasteiger partial charge < -0.3 is 9.47 Å². The Balaban J connectivity index is 1.57. The number of ether oxygens (including phenoxy) is 2. The molecule has 3 rings (SSSR count). The van der Waals surface area contributed by atoms with Gasteiger partial charge in [0.15, 0.2) is 18.2 Å². The molecule has 0 unspecified atom stereocenters. The molecule has 0 saturated carbocycles. The first-order valence-electron chi connectivity index (χ1n) is 9.62. The minimum absolute atomic E-state index is 0.0350. The van der Waals surface area contributed by atoms with Gasteiger partial charge >= 0.3 is 5.97 Å². The molecule has 0 N–H and O–H groups in total. The summed E-state index contributed by atoms with van der Waals surface area (Å²) < 4.78 is 76.3. The van der Waals surface area contributed by atoms with Crippen molar-refractivity contribution in [2.75, 3.05) is 26.8 Å². The Kier molecular flexibility index (Phi) is 7.19. The average molecular weight is 471 g/mol. The van der Waals surface area contributed by atoms with Crippen molar-refractivity contribution >= 4 is 21.8 Å². The van der Waals surface area contributed by atoms with E-state index in [9.17, 15) is 31.2 Å². The zero-order valence-electron chi connectivity index (χ0n) is 17.0. The lowest BCUT2D eigenvalue weighted by Crippen LogP contribution is -2.40. The number of hydrogen-bond acceptors (Lipinski definition) is 6. The molecule has 1 heterocycles. The van der Waals surface area contributed by atoms with Crippen LogP contribution in [0.5, 0.6) is 5.75 Å². The smallest absolute Gasteiger partial charge is 0.309 e. The van der Waals surface area contributed by atoms with Crippen molar-refractivity contribution < 1.29 is 40.7 Å². The fourth-order valence-corrected chi connectivity index (χ4v) is 4.83. The quantitative estimate of drug-likeness (QED) is 0.456. The Labute approximate surface area is 182 Å². The second kappa shape index (κ2) is 9.70. The van der Waals surface area contributed by atoms with E-state index in [-0.39, 0.29) is 42.1 Å². The lowest BCUT2D eigenvalue weighted by Gasteiger charge is -2.30. The third kappa shape index (κ3) is 5.10. The van der Waals surface area contributed by atoms with Crippen LogP contribution in [-0.2, 0) is 19.6 Å². The van der Waals surface area contributed by atoms with Gasteiger partial charge in [0.2, 0.25) is 15.8 Å². The summed E-state index contributed by atoms with van der Waals surface area (Å²) >= 11 is 0. The minimum Gasteiger partial charge on any atom is -0.496 e. The van der Waals surface area contributed by atoms with Crippen LogP contribution in [0.1, 0.15) is 23.2 Å². The van der Waals surface area contributed by atoms with Crippen molar-refractivity contribution in [1.82, 2.24) is 4.31 Å². The van der Waals surface area contributed by atoms with Crippen molar-refractivity contribution in [2.24, 2.45) is 5.92 Å². The van der Waals surface area contributed by atoms with E-state index >= 15 is 0 Å². The molecule has 0 amide bonds. The number of esters is 1. The summed E-state index contributed by atoms with van der Waals surface area (Å²) in [6, 6.07) is 5.71. The molecule has 11 heteroatoms. The molecule has 1 saturated heterocycles. The minimum atomic E-state index is -4.05. The molecule has 32 heavy (non-hydrogen) atoms. The van der Waals surface area contributed by atoms with Gasteiger partial charge in [-0.25, -0.2) is 21.6 Å². The number of Topliss-reactive ketones (excluding diaryl/α,β-unsaturated/α-hetero) is 1. The molecular weight excluding hydrogens is 451 g/mol. The highest BCUT2D eigenvalue weighted by Crippen LogP contribution is 2.26. The van der Waals surface area contributed by atoms with E-state index in [1.807, 2.05) is 0 Å². The molecule has 1 aliphatic heterocycles. The topological polar surface area (TPSA) is 90.0 Å². The predicted octanol–water partition coefficient (Wildman–Crippen LogP) is 2.94. The molecule has 0 radical (unpaired) electrons. The van der Waals surface area contributed by atoms with Gasteiger partial charge in [0.1, 0.15) is 11.6 Å². The van der Waals surface area contributed by atoms with E-state index in [4.69, 9.17) is 9.47 Å². The third-order valence-corrected chi connectivity index (χ3v) is 7.02. The molecule has 1 aliphatic rings. The summed E-state index contributed by atoms with van der Waals surface area (Å²) in [5.74, 6) is -4.90. The van der Waals surface area contributed by atoms with E-state index in [1.54, 1.807) is 0 Å². The maximum atomic E-state index is 13.4. The monoisotopic (exact) mass is 471 g/mol. The molecular formula is C21H20F3NO6S. The summed E-state index contributed by atoms with van der Waals surface area (Å²) in [6.45, 7) is -0.689. The van der Waals surface area contributed by atoms with Crippen LogP contribution in [0, 0.1) is 23.4 Å². The summed E-state index contributed by atoms with van der Waals surface area (Å²) in [5, 5.41) is 0. The molecule has 7 nitrogen and oxygen atoms in total. The molecule has 0 spiro atoms. The van der Waals surface area contributed by atoms with Gasteiger partial charge in [-0.2, -0.15) is 4.31 Å². The van der Waals surface area contributed by atoms with Gasteiger partial charge in [-0.3, -0.25) is 9.59 Å². The lowest BCUT2D eigenvalue weighted by molar-refractivity contribution is -0.148. The summed E-state index contributed by atoms with van der Waals surface area (Å²) in [5.41, 5.74) is -0.0623. The van der Waals surface area contributed by atoms with Gasteiger partial charge in [-0.15, -0.1) is 0 Å². The number of carbonyl (C=O) groups excluding carboxylic acids is 2. The van der Waals surface area contributed by atoms with Crippen molar-refractivity contribution in [2.45, 2.75) is 17.7 Å². The van der Waals surface area contributed by atoms with Crippen LogP contribution >= 0.6 is 0 Å². The van der Waals surface area contributed by atoms with Gasteiger partial charge in [0, 0.05) is 13.1 Å². The third-order valence-electron chi connectivity index (χ3n) is 5.12. The van der Waals surface area contributed by atoms with E-state index < -0.39 is 51.8 Å². The van der Waals surface area contributed by atoms with Gasteiger partial charge in [-0.1, -0.05) is 0 Å². The van der Waals surface area contributed by atoms with Crippen molar-refractivity contribution in [3.05, 3.63) is 59.4 Å². The Morgan fingerprint density at radius 2 is 1.72 bits per heavy atom. The number of nitrogens with zero attached hydrogens (tertiary/aromatic N) is 1. The van der Waals surface area contributed by atoms with Crippen LogP contribution in [0.2, 0.25) is 0 Å². The first kappa shape index (κ1) is 23.7. The van der Waals surface area contributed by atoms with Crippen LogP contribution < -0.4 is 4.74 Å². The van der Waals surface area contributed by atoms with Crippen LogP contribution in [-0.4, -0.2) is 51.3 Å². The number of benzene rings is 2. The Hall–Kier alpha value is -2.92. The summed E-state index contributed by atoms with van der Waals surface area (Å²) in [7, 11) is -2.74. The maximum Gasteiger partial charge on any atom is 0.309 e. The molecule has 2 aromatic carbocycles. The van der Waals surface area contributed by atoms with E-state index in [0.717, 1.165) is 28.6 Å². The average Bonchev–Trinajstić information content (AvgIpc) is 2.79. The van der Waals surface area contributed by atoms with Gasteiger partial charge in [0.25, 0.3) is 0 Å². The number of rotatable bonds is 7. The highest BCUT2D eigenvalue weighted by Gasteiger charge is 2.33. The largest absolute Gasteiger partial charge is 0.496 e. The standard InChI is InChI=1S/C21H20F3NO6S/c1-30-20-5-2-14(22)10-16(20)19(26)12-31-21(27)13-6-8-25(9-7-13)32(28,29)15-3-4-17(23)18(24)11-15/h2-5,10-11,13H,6-9,12H2,1H3.